The highest BCUT2D eigenvalue weighted by atomic mass is 16.7. The molecule has 0 spiro atoms. The van der Waals surface area contributed by atoms with Crippen LogP contribution >= 0.6 is 0 Å². The van der Waals surface area contributed by atoms with Crippen LogP contribution in [0.25, 0.3) is 10.8 Å². The number of hydrogen-bond donors (Lipinski definition) is 5. The van der Waals surface area contributed by atoms with E-state index in [1.165, 1.54) is 27.2 Å². The highest BCUT2D eigenvalue weighted by Gasteiger charge is 2.50. The SMILES string of the molecule is COC1/C=C/OC2(C)Oc3c(C)c(O)c4c(O)c(c5c(c4c3C2=O)OCN(C(C)(C)C)C5)NC(=O)/C(C)=C\C=C\C(C)C(O)C(C)C(O)C(C)C(OC(C)=O)C1C. The first-order valence-electron chi connectivity index (χ1n) is 19.3. The number of allylic oxidation sites excluding steroid dienone is 2. The van der Waals surface area contributed by atoms with Crippen LogP contribution in [-0.4, -0.2) is 92.6 Å². The number of anilines is 1. The highest BCUT2D eigenvalue weighted by Crippen LogP contribution is 2.56. The van der Waals surface area contributed by atoms with E-state index in [1.807, 2.05) is 25.7 Å². The number of aromatic hydroxyl groups is 2. The summed E-state index contributed by atoms with van der Waals surface area (Å²) in [6.07, 6.45) is 3.94. The van der Waals surface area contributed by atoms with Crippen LogP contribution in [0.15, 0.2) is 36.1 Å². The molecule has 9 atom stereocenters. The number of phenols is 2. The number of aliphatic hydroxyl groups excluding tert-OH is 2. The first-order chi connectivity index (χ1) is 26.5. The molecule has 0 saturated heterocycles. The van der Waals surface area contributed by atoms with Crippen molar-refractivity contribution in [2.24, 2.45) is 23.7 Å². The van der Waals surface area contributed by atoms with E-state index in [0.29, 0.717) is 5.56 Å². The first kappa shape index (κ1) is 43.5. The van der Waals surface area contributed by atoms with Gasteiger partial charge < -0.3 is 49.4 Å². The van der Waals surface area contributed by atoms with Crippen molar-refractivity contribution < 1.29 is 58.5 Å². The molecular weight excluding hydrogens is 736 g/mol. The van der Waals surface area contributed by atoms with Gasteiger partial charge in [-0.3, -0.25) is 19.3 Å². The van der Waals surface area contributed by atoms with E-state index in [4.69, 9.17) is 23.7 Å². The number of rotatable bonds is 2. The molecule has 5 rings (SSSR count). The van der Waals surface area contributed by atoms with Gasteiger partial charge in [0, 0.05) is 78.8 Å². The Kier molecular flexibility index (Phi) is 12.5. The van der Waals surface area contributed by atoms with Crippen LogP contribution in [0.4, 0.5) is 5.69 Å². The molecule has 0 aromatic heterocycles. The predicted molar refractivity (Wildman–Crippen MR) is 213 cm³/mol. The van der Waals surface area contributed by atoms with Crippen molar-refractivity contribution in [3.05, 3.63) is 52.8 Å². The van der Waals surface area contributed by atoms with Crippen molar-refractivity contribution in [3.8, 4) is 23.0 Å². The Morgan fingerprint density at radius 1 is 0.965 bits per heavy atom. The second-order valence-electron chi connectivity index (χ2n) is 16.8. The maximum atomic E-state index is 14.5. The van der Waals surface area contributed by atoms with Crippen LogP contribution in [0.3, 0.4) is 0 Å². The van der Waals surface area contributed by atoms with Gasteiger partial charge in [0.25, 0.3) is 11.7 Å². The Morgan fingerprint density at radius 3 is 2.25 bits per heavy atom. The fraction of sp³-hybridized carbons (Fsp3) is 0.558. The molecule has 57 heavy (non-hydrogen) atoms. The quantitative estimate of drug-likeness (QED) is 0.176. The molecule has 14 nitrogen and oxygen atoms in total. The maximum Gasteiger partial charge on any atom is 0.312 e. The van der Waals surface area contributed by atoms with Crippen molar-refractivity contribution in [3.63, 3.8) is 0 Å². The Hall–Kier alpha value is -4.63. The summed E-state index contributed by atoms with van der Waals surface area (Å²) < 4.78 is 30.2. The summed E-state index contributed by atoms with van der Waals surface area (Å²) >= 11 is 0. The summed E-state index contributed by atoms with van der Waals surface area (Å²) in [5.41, 5.74) is 0.435. The van der Waals surface area contributed by atoms with E-state index in [2.05, 4.69) is 5.32 Å². The number of methoxy groups -OCH3 is 1. The molecule has 3 aliphatic rings. The molecule has 9 unspecified atom stereocenters. The Bertz CT molecular complexity index is 2010. The molecular formula is C43H58N2O12. The summed E-state index contributed by atoms with van der Waals surface area (Å²) in [4.78, 5) is 42.6. The van der Waals surface area contributed by atoms with Crippen LogP contribution < -0.4 is 14.8 Å². The number of esters is 1. The lowest BCUT2D eigenvalue weighted by atomic mass is 9.78. The zero-order chi connectivity index (χ0) is 42.5. The summed E-state index contributed by atoms with van der Waals surface area (Å²) in [6, 6.07) is 0. The van der Waals surface area contributed by atoms with Crippen LogP contribution in [-0.2, 0) is 30.3 Å². The van der Waals surface area contributed by atoms with Gasteiger partial charge in [-0.05, 0) is 40.7 Å². The number of carbonyl (C=O) groups is 3. The molecule has 3 heterocycles. The molecule has 5 N–H and O–H groups in total. The van der Waals surface area contributed by atoms with Crippen molar-refractivity contribution in [2.45, 2.75) is 118 Å². The summed E-state index contributed by atoms with van der Waals surface area (Å²) in [5, 5.41) is 49.4. The van der Waals surface area contributed by atoms with Gasteiger partial charge in [0.05, 0.1) is 41.2 Å². The van der Waals surface area contributed by atoms with Gasteiger partial charge in [0.15, 0.2) is 5.75 Å². The number of hydrogen-bond acceptors (Lipinski definition) is 13. The summed E-state index contributed by atoms with van der Waals surface area (Å²) in [7, 11) is 1.46. The van der Waals surface area contributed by atoms with Gasteiger partial charge >= 0.3 is 11.8 Å². The molecule has 1 amide bonds. The fourth-order valence-corrected chi connectivity index (χ4v) is 7.89. The third kappa shape index (κ3) is 8.09. The monoisotopic (exact) mass is 794 g/mol. The van der Waals surface area contributed by atoms with Crippen LogP contribution in [0.2, 0.25) is 0 Å². The molecule has 0 radical (unpaired) electrons. The van der Waals surface area contributed by atoms with Crippen LogP contribution in [0.1, 0.15) is 90.7 Å². The standard InChI is InChI=1S/C43H58N2O12/c1-20-14-13-15-21(2)41(52)44-32-27-18-45(42(8,9)10)19-54-39(27)29-30(36(32)50)35(49)25(6)38-31(29)40(51)43(11,57-38)55-17-16-28(53-12)22(3)37(56-26(7)46)24(5)34(48)23(4)33(20)47/h13-17,20,22-24,28,33-34,37,47-50H,18-19H2,1-12H3,(H,44,52)/b14-13+,17-16+,21-15-. The van der Waals surface area contributed by atoms with Crippen molar-refractivity contribution in [2.75, 3.05) is 19.2 Å². The molecule has 2 aromatic rings. The number of fused-ring (bicyclic) bond motifs is 1. The van der Waals surface area contributed by atoms with E-state index in [-0.39, 0.29) is 63.7 Å². The van der Waals surface area contributed by atoms with E-state index in [0.717, 1.165) is 0 Å². The molecule has 2 aromatic carbocycles. The molecule has 14 heteroatoms. The number of benzene rings is 2. The minimum absolute atomic E-state index is 0.0121. The number of nitrogens with one attached hydrogen (secondary N) is 1. The minimum atomic E-state index is -1.95. The lowest BCUT2D eigenvalue weighted by Gasteiger charge is -2.40. The second kappa shape index (κ2) is 16.3. The van der Waals surface area contributed by atoms with Gasteiger partial charge in [0.1, 0.15) is 30.1 Å². The Labute approximate surface area is 334 Å². The number of ketones is 1. The van der Waals surface area contributed by atoms with Gasteiger partial charge in [-0.2, -0.15) is 0 Å². The predicted octanol–water partition coefficient (Wildman–Crippen LogP) is 6.00. The number of ether oxygens (including phenoxy) is 5. The van der Waals surface area contributed by atoms with Gasteiger partial charge in [-0.25, -0.2) is 0 Å². The Morgan fingerprint density at radius 2 is 1.63 bits per heavy atom. The van der Waals surface area contributed by atoms with Crippen LogP contribution in [0.5, 0.6) is 23.0 Å². The topological polar surface area (TPSA) is 194 Å². The third-order valence-electron chi connectivity index (χ3n) is 11.7. The minimum Gasteiger partial charge on any atom is -0.507 e. The lowest BCUT2D eigenvalue weighted by molar-refractivity contribution is -0.160. The number of phenolic OH excluding ortho intramolecular Hbond substituents is 2. The van der Waals surface area contributed by atoms with E-state index >= 15 is 0 Å². The first-order valence-corrected chi connectivity index (χ1v) is 19.3. The highest BCUT2D eigenvalue weighted by molar-refractivity contribution is 6.22. The average Bonchev–Trinajstić information content (AvgIpc) is 3.42. The molecule has 0 aliphatic carbocycles. The average molecular weight is 795 g/mol. The van der Waals surface area contributed by atoms with E-state index in [1.54, 1.807) is 65.8 Å². The molecule has 0 saturated carbocycles. The third-order valence-corrected chi connectivity index (χ3v) is 11.7. The molecule has 312 valence electrons. The number of Topliss-reactive ketones (excluding diaryl/α,β-unsaturated/α-hetero) is 1. The van der Waals surface area contributed by atoms with Gasteiger partial charge in [-0.15, -0.1) is 0 Å². The van der Waals surface area contributed by atoms with Crippen molar-refractivity contribution >= 4 is 34.1 Å². The van der Waals surface area contributed by atoms with Gasteiger partial charge in [0.2, 0.25) is 0 Å². The smallest absolute Gasteiger partial charge is 0.312 e. The molecule has 0 fully saturated rings. The molecule has 3 aliphatic heterocycles. The summed E-state index contributed by atoms with van der Waals surface area (Å²) in [5.74, 6) is -6.66. The number of amides is 1. The largest absolute Gasteiger partial charge is 0.507 e. The molecule has 4 bridgehead atoms. The van der Waals surface area contributed by atoms with E-state index < -0.39 is 82.8 Å². The van der Waals surface area contributed by atoms with E-state index in [9.17, 15) is 34.8 Å². The maximum absolute atomic E-state index is 14.5. The van der Waals surface area contributed by atoms with Crippen LogP contribution in [0, 0.1) is 30.6 Å². The van der Waals surface area contributed by atoms with Crippen molar-refractivity contribution in [1.29, 1.82) is 0 Å². The van der Waals surface area contributed by atoms with Crippen molar-refractivity contribution in [1.82, 2.24) is 4.90 Å². The second-order valence-corrected chi connectivity index (χ2v) is 16.8. The number of carbonyl (C=O) groups excluding carboxylic acids is 3. The lowest BCUT2D eigenvalue weighted by Crippen LogP contribution is -2.46. The van der Waals surface area contributed by atoms with Gasteiger partial charge in [-0.1, -0.05) is 45.9 Å². The summed E-state index contributed by atoms with van der Waals surface area (Å²) in [6.45, 7) is 19.1. The number of aliphatic hydroxyl groups is 2. The zero-order valence-electron chi connectivity index (χ0n) is 34.9. The fourth-order valence-electron chi connectivity index (χ4n) is 7.89. The number of nitrogens with zero attached hydrogens (tertiary/aromatic N) is 1. The Balaban J connectivity index is 1.72. The normalized spacial score (nSPS) is 32.4. The zero-order valence-corrected chi connectivity index (χ0v) is 34.9.